The predicted octanol–water partition coefficient (Wildman–Crippen LogP) is 5.93. The molecule has 0 atom stereocenters. The van der Waals surface area contributed by atoms with E-state index >= 15 is 0 Å². The summed E-state index contributed by atoms with van der Waals surface area (Å²) in [5, 5.41) is 0. The normalized spacial score (nSPS) is 21.4. The topological polar surface area (TPSA) is 17.1 Å². The molecule has 0 N–H and O–H groups in total. The Bertz CT molecular complexity index is 677. The molecule has 1 aliphatic carbocycles. The molecule has 0 radical (unpaired) electrons. The maximum Gasteiger partial charge on any atom is 0.185 e. The van der Waals surface area contributed by atoms with Crippen LogP contribution in [-0.4, -0.2) is 5.78 Å². The van der Waals surface area contributed by atoms with Crippen molar-refractivity contribution in [1.29, 1.82) is 0 Å². The Hall–Kier alpha value is -2.41. The Morgan fingerprint density at radius 1 is 0.833 bits per heavy atom. The molecule has 0 unspecified atom stereocenters. The molecule has 0 aliphatic heterocycles. The highest BCUT2D eigenvalue weighted by molar-refractivity contribution is 6.14. The van der Waals surface area contributed by atoms with Crippen LogP contribution in [0.1, 0.15) is 43.7 Å². The summed E-state index contributed by atoms with van der Waals surface area (Å²) in [4.78, 5) is 12.9. The maximum absolute atomic E-state index is 12.9. The quantitative estimate of drug-likeness (QED) is 0.639. The van der Waals surface area contributed by atoms with Gasteiger partial charge in [-0.15, -0.1) is 0 Å². The predicted molar refractivity (Wildman–Crippen MR) is 101 cm³/mol. The minimum absolute atomic E-state index is 0.218. The van der Waals surface area contributed by atoms with E-state index in [2.05, 4.69) is 43.3 Å². The fourth-order valence-electron chi connectivity index (χ4n) is 3.45. The zero-order valence-corrected chi connectivity index (χ0v) is 14.2. The van der Waals surface area contributed by atoms with E-state index in [-0.39, 0.29) is 5.78 Å². The van der Waals surface area contributed by atoms with Crippen molar-refractivity contribution >= 4 is 17.9 Å². The zero-order valence-electron chi connectivity index (χ0n) is 14.2. The average Bonchev–Trinajstić information content (AvgIpc) is 2.61. The lowest BCUT2D eigenvalue weighted by Gasteiger charge is -2.25. The Balaban J connectivity index is 1.93. The molecule has 3 rings (SSSR count). The monoisotopic (exact) mass is 316 g/mol. The van der Waals surface area contributed by atoms with E-state index in [9.17, 15) is 4.79 Å². The Labute approximate surface area is 144 Å². The number of Topliss-reactive ketones (excluding diaryl/α,β-unsaturated/α-hetero) is 1. The number of allylic oxidation sites excluding steroid dienone is 2. The van der Waals surface area contributed by atoms with Gasteiger partial charge in [-0.1, -0.05) is 80.4 Å². The van der Waals surface area contributed by atoms with E-state index in [4.69, 9.17) is 0 Å². The first-order valence-electron chi connectivity index (χ1n) is 8.82. The minimum atomic E-state index is 0.218. The van der Waals surface area contributed by atoms with Crippen molar-refractivity contribution in [2.75, 3.05) is 0 Å². The third kappa shape index (κ3) is 4.11. The van der Waals surface area contributed by atoms with Crippen molar-refractivity contribution in [2.45, 2.75) is 32.6 Å². The molecule has 1 nitrogen and oxygen atoms in total. The molecule has 2 aromatic carbocycles. The highest BCUT2D eigenvalue weighted by Gasteiger charge is 2.27. The van der Waals surface area contributed by atoms with E-state index in [1.807, 2.05) is 36.4 Å². The third-order valence-electron chi connectivity index (χ3n) is 4.58. The number of hydrogen-bond donors (Lipinski definition) is 0. The number of rotatable bonds is 4. The summed E-state index contributed by atoms with van der Waals surface area (Å²) in [5.41, 5.74) is 4.12. The van der Waals surface area contributed by atoms with Crippen LogP contribution >= 0.6 is 0 Å². The van der Waals surface area contributed by atoms with Crippen LogP contribution < -0.4 is 0 Å². The lowest BCUT2D eigenvalue weighted by atomic mass is 9.78. The summed E-state index contributed by atoms with van der Waals surface area (Å²) >= 11 is 0. The summed E-state index contributed by atoms with van der Waals surface area (Å²) in [6, 6.07) is 20.3. The fraction of sp³-hybridized carbons (Fsp3) is 0.261. The van der Waals surface area contributed by atoms with Crippen LogP contribution in [0.3, 0.4) is 0 Å². The number of benzene rings is 2. The Kier molecular flexibility index (Phi) is 5.43. The van der Waals surface area contributed by atoms with Gasteiger partial charge in [0.05, 0.1) is 0 Å². The molecule has 0 aromatic heterocycles. The van der Waals surface area contributed by atoms with Crippen LogP contribution in [0.4, 0.5) is 0 Å². The van der Waals surface area contributed by atoms with Crippen LogP contribution in [0.15, 0.2) is 71.8 Å². The van der Waals surface area contributed by atoms with Crippen molar-refractivity contribution in [3.8, 4) is 0 Å². The molecule has 1 heteroatoms. The highest BCUT2D eigenvalue weighted by atomic mass is 16.1. The molecule has 122 valence electrons. The minimum Gasteiger partial charge on any atom is -0.289 e. The molecule has 1 fully saturated rings. The van der Waals surface area contributed by atoms with Gasteiger partial charge >= 0.3 is 0 Å². The largest absolute Gasteiger partial charge is 0.289 e. The zero-order chi connectivity index (χ0) is 16.8. The van der Waals surface area contributed by atoms with Crippen LogP contribution in [0.25, 0.3) is 12.2 Å². The third-order valence-corrected chi connectivity index (χ3v) is 4.58. The van der Waals surface area contributed by atoms with Gasteiger partial charge in [-0.3, -0.25) is 4.79 Å². The second-order valence-electron chi connectivity index (χ2n) is 6.55. The van der Waals surface area contributed by atoms with Crippen LogP contribution in [0, 0.1) is 5.92 Å². The lowest BCUT2D eigenvalue weighted by Crippen LogP contribution is -2.20. The van der Waals surface area contributed by atoms with E-state index < -0.39 is 0 Å². The summed E-state index contributed by atoms with van der Waals surface area (Å²) in [6.45, 7) is 2.22. The molecular weight excluding hydrogens is 292 g/mol. The van der Waals surface area contributed by atoms with E-state index in [1.54, 1.807) is 0 Å². The summed E-state index contributed by atoms with van der Waals surface area (Å²) in [5.74, 6) is 0.785. The molecule has 1 aliphatic rings. The average molecular weight is 316 g/mol. The summed E-state index contributed by atoms with van der Waals surface area (Å²) in [7, 11) is 0. The van der Waals surface area contributed by atoms with Crippen molar-refractivity contribution in [2.24, 2.45) is 5.92 Å². The van der Waals surface area contributed by atoms with E-state index in [1.165, 1.54) is 6.42 Å². The first kappa shape index (κ1) is 16.4. The van der Waals surface area contributed by atoms with Gasteiger partial charge in [0.25, 0.3) is 0 Å². The second kappa shape index (κ2) is 7.92. The van der Waals surface area contributed by atoms with Crippen molar-refractivity contribution in [3.05, 3.63) is 82.9 Å². The molecular formula is C23H24O. The van der Waals surface area contributed by atoms with E-state index in [0.717, 1.165) is 41.5 Å². The molecule has 0 saturated heterocycles. The van der Waals surface area contributed by atoms with Crippen LogP contribution in [0.5, 0.6) is 0 Å². The molecule has 0 bridgehead atoms. The SMILES string of the molecule is CCCC1CC(=Cc2ccccc2)C(=O)C(=Cc2ccccc2)C1. The summed E-state index contributed by atoms with van der Waals surface area (Å²) in [6.07, 6.45) is 8.27. The van der Waals surface area contributed by atoms with Gasteiger partial charge in [0.15, 0.2) is 5.78 Å². The lowest BCUT2D eigenvalue weighted by molar-refractivity contribution is -0.113. The van der Waals surface area contributed by atoms with Gasteiger partial charge in [-0.2, -0.15) is 0 Å². The van der Waals surface area contributed by atoms with Crippen molar-refractivity contribution in [1.82, 2.24) is 0 Å². The number of ketones is 1. The van der Waals surface area contributed by atoms with Gasteiger partial charge in [0.2, 0.25) is 0 Å². The van der Waals surface area contributed by atoms with Crippen molar-refractivity contribution in [3.63, 3.8) is 0 Å². The van der Waals surface area contributed by atoms with Gasteiger partial charge in [-0.05, 0) is 42.0 Å². The standard InChI is InChI=1S/C23H24O/c1-2-9-20-16-21(14-18-10-5-3-6-11-18)23(24)22(17-20)15-19-12-7-4-8-13-19/h3-8,10-15,20H,2,9,16-17H2,1H3. The van der Waals surface area contributed by atoms with Crippen LogP contribution in [-0.2, 0) is 4.79 Å². The van der Waals surface area contributed by atoms with Gasteiger partial charge in [0, 0.05) is 11.1 Å². The Morgan fingerprint density at radius 3 is 1.71 bits per heavy atom. The first-order valence-corrected chi connectivity index (χ1v) is 8.82. The number of carbonyl (C=O) groups excluding carboxylic acids is 1. The number of carbonyl (C=O) groups is 1. The van der Waals surface area contributed by atoms with Gasteiger partial charge in [0.1, 0.15) is 0 Å². The van der Waals surface area contributed by atoms with Crippen molar-refractivity contribution < 1.29 is 4.79 Å². The first-order chi connectivity index (χ1) is 11.8. The van der Waals surface area contributed by atoms with E-state index in [0.29, 0.717) is 5.92 Å². The maximum atomic E-state index is 12.9. The molecule has 2 aromatic rings. The molecule has 24 heavy (non-hydrogen) atoms. The molecule has 1 saturated carbocycles. The number of hydrogen-bond acceptors (Lipinski definition) is 1. The summed E-state index contributed by atoms with van der Waals surface area (Å²) < 4.78 is 0. The fourth-order valence-corrected chi connectivity index (χ4v) is 3.45. The van der Waals surface area contributed by atoms with Gasteiger partial charge in [-0.25, -0.2) is 0 Å². The smallest absolute Gasteiger partial charge is 0.185 e. The second-order valence-corrected chi connectivity index (χ2v) is 6.55. The highest BCUT2D eigenvalue weighted by Crippen LogP contribution is 2.34. The van der Waals surface area contributed by atoms with Crippen LogP contribution in [0.2, 0.25) is 0 Å². The van der Waals surface area contributed by atoms with Gasteiger partial charge < -0.3 is 0 Å². The molecule has 0 heterocycles. The Morgan fingerprint density at radius 2 is 1.29 bits per heavy atom. The molecule has 0 spiro atoms. The molecule has 0 amide bonds.